The van der Waals surface area contributed by atoms with Crippen molar-refractivity contribution >= 4 is 0 Å². The minimum absolute atomic E-state index is 0.869. The average Bonchev–Trinajstić information content (AvgIpc) is 2.57. The van der Waals surface area contributed by atoms with E-state index in [9.17, 15) is 0 Å². The fourth-order valence-corrected chi connectivity index (χ4v) is 1.34. The maximum absolute atomic E-state index is 8.60. The summed E-state index contributed by atoms with van der Waals surface area (Å²) in [6.07, 6.45) is 1.77. The third-order valence-corrected chi connectivity index (χ3v) is 1.88. The van der Waals surface area contributed by atoms with Crippen LogP contribution in [0.25, 0.3) is 5.82 Å². The van der Waals surface area contributed by atoms with Crippen LogP contribution in [-0.4, -0.2) is 19.4 Å². The Morgan fingerprint density at radius 2 is 1.83 bits per heavy atom. The highest BCUT2D eigenvalue weighted by molar-refractivity contribution is 5.24. The van der Waals surface area contributed by atoms with E-state index in [0.29, 0.717) is 0 Å². The Morgan fingerprint density at radius 3 is 2.22 bits per heavy atom. The quantitative estimate of drug-likeness (QED) is 0.627. The lowest BCUT2D eigenvalue weighted by atomic mass is 10.4. The number of hydrogen-bond acceptors (Lipinski definition) is 6. The first kappa shape index (κ1) is 14.6. The van der Waals surface area contributed by atoms with Gasteiger partial charge in [-0.25, -0.2) is 9.67 Å². The molecule has 0 radical (unpaired) electrons. The van der Waals surface area contributed by atoms with Crippen LogP contribution in [0.2, 0.25) is 0 Å². The van der Waals surface area contributed by atoms with Crippen molar-refractivity contribution in [3.05, 3.63) is 41.9 Å². The molecule has 0 atom stereocenters. The molecule has 0 unspecified atom stereocenters. The van der Waals surface area contributed by atoms with E-state index < -0.39 is 10.2 Å². The second kappa shape index (κ2) is 5.89. The maximum atomic E-state index is 8.60. The van der Waals surface area contributed by atoms with Crippen molar-refractivity contribution in [1.82, 2.24) is 14.8 Å². The second-order valence-corrected chi connectivity index (χ2v) is 4.21. The van der Waals surface area contributed by atoms with Gasteiger partial charge in [0.2, 0.25) is 0 Å². The first-order valence-corrected chi connectivity index (χ1v) is 6.11. The molecule has 1 N–H and O–H groups in total. The molecule has 8 heteroatoms. The second-order valence-electron chi connectivity index (χ2n) is 3.42. The van der Waals surface area contributed by atoms with E-state index in [1.165, 1.54) is 0 Å². The van der Waals surface area contributed by atoms with Crippen molar-refractivity contribution in [3.8, 4) is 5.82 Å². The van der Waals surface area contributed by atoms with Crippen LogP contribution in [-0.2, 0) is 0 Å². The summed E-state index contributed by atoms with van der Waals surface area (Å²) < 4.78 is 34.6. The molecule has 0 aromatic carbocycles. The van der Waals surface area contributed by atoms with Crippen LogP contribution >= 0.6 is 0 Å². The van der Waals surface area contributed by atoms with E-state index >= 15 is 0 Å². The molecule has 0 aliphatic heterocycles. The Labute approximate surface area is 106 Å². The average molecular weight is 274 g/mol. The highest BCUT2D eigenvalue weighted by atomic mass is 35.7. The third-order valence-electron chi connectivity index (χ3n) is 1.88. The normalized spacial score (nSPS) is 10.8. The summed E-state index contributed by atoms with van der Waals surface area (Å²) in [7, 11) is -4.69. The van der Waals surface area contributed by atoms with Gasteiger partial charge >= 0.3 is 0 Å². The Morgan fingerprint density at radius 1 is 1.22 bits per heavy atom. The predicted molar refractivity (Wildman–Crippen MR) is 53.1 cm³/mol. The minimum Gasteiger partial charge on any atom is -0.237 e. The van der Waals surface area contributed by atoms with Crippen molar-refractivity contribution in [2.24, 2.45) is 0 Å². The van der Waals surface area contributed by atoms with Gasteiger partial charge in [0.15, 0.2) is 5.82 Å². The summed E-state index contributed by atoms with van der Waals surface area (Å²) in [4.78, 5) is 4.22. The van der Waals surface area contributed by atoms with Crippen LogP contribution in [0.4, 0.5) is 0 Å². The molecule has 18 heavy (non-hydrogen) atoms. The van der Waals surface area contributed by atoms with Gasteiger partial charge in [0.25, 0.3) is 0 Å². The maximum Gasteiger partial charge on any atom is 0.153 e. The molecular formula is C10H12ClN3O4. The van der Waals surface area contributed by atoms with Crippen molar-refractivity contribution in [2.75, 3.05) is 0 Å². The number of halogens is 1. The fraction of sp³-hybridized carbons (Fsp3) is 0.200. The molecule has 0 spiro atoms. The zero-order valence-corrected chi connectivity index (χ0v) is 10.5. The van der Waals surface area contributed by atoms with Crippen LogP contribution in [0.1, 0.15) is 11.4 Å². The molecule has 98 valence electrons. The Kier molecular flexibility index (Phi) is 4.76. The van der Waals surface area contributed by atoms with Gasteiger partial charge in [-0.15, -0.1) is 0 Å². The molecule has 0 amide bonds. The molecule has 2 rings (SSSR count). The molecule has 0 aliphatic carbocycles. The van der Waals surface area contributed by atoms with Gasteiger partial charge in [-0.2, -0.15) is 19.1 Å². The molecule has 0 bridgehead atoms. The van der Waals surface area contributed by atoms with Gasteiger partial charge in [0.1, 0.15) is 0 Å². The van der Waals surface area contributed by atoms with E-state index in [1.807, 2.05) is 42.8 Å². The van der Waals surface area contributed by atoms with Crippen molar-refractivity contribution in [3.63, 3.8) is 0 Å². The molecular weight excluding hydrogens is 262 g/mol. The molecule has 2 heterocycles. The number of aromatic nitrogens is 3. The van der Waals surface area contributed by atoms with Gasteiger partial charge in [-0.1, -0.05) is 6.07 Å². The summed E-state index contributed by atoms with van der Waals surface area (Å²) in [6.45, 7) is 4.00. The third kappa shape index (κ3) is 5.21. The molecule has 0 saturated carbocycles. The van der Waals surface area contributed by atoms with Crippen LogP contribution in [0.5, 0.6) is 0 Å². The lowest BCUT2D eigenvalue weighted by Crippen LogP contribution is -2.58. The van der Waals surface area contributed by atoms with Crippen LogP contribution in [0.3, 0.4) is 0 Å². The molecule has 7 nitrogen and oxygen atoms in total. The van der Waals surface area contributed by atoms with Crippen molar-refractivity contribution < 1.29 is 28.9 Å². The summed E-state index contributed by atoms with van der Waals surface area (Å²) in [5.41, 5.74) is 2.12. The monoisotopic (exact) mass is 273 g/mol. The van der Waals surface area contributed by atoms with Gasteiger partial charge in [0.05, 0.1) is 20.6 Å². The number of hydrogen-bond donors (Lipinski definition) is 1. The van der Waals surface area contributed by atoms with Gasteiger partial charge < -0.3 is 0 Å². The lowest BCUT2D eigenvalue weighted by molar-refractivity contribution is -1.92. The first-order chi connectivity index (χ1) is 8.27. The van der Waals surface area contributed by atoms with Crippen molar-refractivity contribution in [1.29, 1.82) is 0 Å². The van der Waals surface area contributed by atoms with Gasteiger partial charge in [0, 0.05) is 11.9 Å². The molecule has 0 aliphatic rings. The largest absolute Gasteiger partial charge is 0.237 e. The summed E-state index contributed by atoms with van der Waals surface area (Å²) >= 11 is 0. The fourth-order valence-electron chi connectivity index (χ4n) is 1.34. The standard InChI is InChI=1S/C10H11N3.ClHO4/c1-8-7-9(2)13(12-8)10-5-3-4-6-11-10;2-1(3,4)5/h3-7H,1-2H3;(H,2,3,4,5). The zero-order chi connectivity index (χ0) is 13.8. The summed E-state index contributed by atoms with van der Waals surface area (Å²) in [5.74, 6) is 0.869. The minimum atomic E-state index is -4.69. The van der Waals surface area contributed by atoms with Gasteiger partial charge in [-0.05, 0) is 32.0 Å². The summed E-state index contributed by atoms with van der Waals surface area (Å²) in [5, 5.41) is 4.33. The number of pyridine rings is 1. The van der Waals surface area contributed by atoms with E-state index in [0.717, 1.165) is 17.2 Å². The number of aryl methyl sites for hydroxylation is 2. The SMILES string of the molecule is Cc1cc(C)n(-c2ccccn2)n1.[O-][Cl+3]([O-])([O-])O. The van der Waals surface area contributed by atoms with Crippen molar-refractivity contribution in [2.45, 2.75) is 13.8 Å². The van der Waals surface area contributed by atoms with Crippen LogP contribution < -0.4 is 14.0 Å². The Bertz CT molecular complexity index is 490. The number of nitrogens with zero attached hydrogens (tertiary/aromatic N) is 3. The van der Waals surface area contributed by atoms with E-state index in [2.05, 4.69) is 10.1 Å². The molecule has 2 aromatic heterocycles. The highest BCUT2D eigenvalue weighted by Crippen LogP contribution is 2.07. The topological polar surface area (TPSA) is 120 Å². The van der Waals surface area contributed by atoms with Gasteiger partial charge in [-0.3, -0.25) is 0 Å². The Balaban J connectivity index is 0.000000280. The zero-order valence-electron chi connectivity index (χ0n) is 9.78. The molecule has 0 saturated heterocycles. The summed E-state index contributed by atoms with van der Waals surface area (Å²) in [6, 6.07) is 7.84. The van der Waals surface area contributed by atoms with Crippen LogP contribution in [0.15, 0.2) is 30.5 Å². The van der Waals surface area contributed by atoms with Crippen LogP contribution in [0, 0.1) is 24.1 Å². The smallest absolute Gasteiger partial charge is 0.153 e. The van der Waals surface area contributed by atoms with E-state index in [4.69, 9.17) is 18.6 Å². The highest BCUT2D eigenvalue weighted by Gasteiger charge is 2.02. The lowest BCUT2D eigenvalue weighted by Gasteiger charge is -2.03. The molecule has 2 aromatic rings. The number of rotatable bonds is 1. The first-order valence-electron chi connectivity index (χ1n) is 4.85. The van der Waals surface area contributed by atoms with E-state index in [1.54, 1.807) is 6.20 Å². The Hall–Kier alpha value is -1.51. The van der Waals surface area contributed by atoms with E-state index in [-0.39, 0.29) is 0 Å². The predicted octanol–water partition coefficient (Wildman–Crippen LogP) is -2.24. The molecule has 0 fully saturated rings.